The summed E-state index contributed by atoms with van der Waals surface area (Å²) in [4.78, 5) is 0. The summed E-state index contributed by atoms with van der Waals surface area (Å²) in [5.41, 5.74) is 2.38. The quantitative estimate of drug-likeness (QED) is 0.266. The van der Waals surface area contributed by atoms with Crippen molar-refractivity contribution in [1.82, 2.24) is 0 Å². The van der Waals surface area contributed by atoms with Crippen LogP contribution in [0.4, 0.5) is 13.2 Å². The summed E-state index contributed by atoms with van der Waals surface area (Å²) < 4.78 is 44.1. The minimum absolute atomic E-state index is 0.166. The first-order chi connectivity index (χ1) is 14.5. The molecular formula is C26H31F3O. The summed E-state index contributed by atoms with van der Waals surface area (Å²) in [6.45, 7) is 2.24. The van der Waals surface area contributed by atoms with Gasteiger partial charge in [0.05, 0.1) is 5.56 Å². The topological polar surface area (TPSA) is 12.5 Å². The lowest BCUT2D eigenvalue weighted by Gasteiger charge is -2.07. The third kappa shape index (κ3) is 7.02. The van der Waals surface area contributed by atoms with Gasteiger partial charge in [0.2, 0.25) is 0 Å². The van der Waals surface area contributed by atoms with E-state index < -0.39 is 11.7 Å². The number of alkyl halides is 3. The molecule has 0 aromatic heterocycles. The summed E-state index contributed by atoms with van der Waals surface area (Å²) in [7, 11) is 0. The molecule has 1 heterocycles. The smallest absolute Gasteiger partial charge is 0.360 e. The van der Waals surface area contributed by atoms with Crippen LogP contribution in [0.1, 0.15) is 80.2 Å². The van der Waals surface area contributed by atoms with Gasteiger partial charge in [-0.05, 0) is 41.7 Å². The Hall–Kier alpha value is -2.07. The van der Waals surface area contributed by atoms with Gasteiger partial charge < -0.3 is 4.74 Å². The Balaban J connectivity index is 1.42. The molecule has 1 aliphatic rings. The molecule has 1 aliphatic heterocycles. The van der Waals surface area contributed by atoms with E-state index in [1.807, 2.05) is 12.2 Å². The maximum absolute atomic E-state index is 12.9. The number of rotatable bonds is 11. The van der Waals surface area contributed by atoms with Crippen molar-refractivity contribution in [2.75, 3.05) is 0 Å². The van der Waals surface area contributed by atoms with Crippen molar-refractivity contribution in [2.45, 2.75) is 76.7 Å². The number of hydrogen-bond donors (Lipinski definition) is 0. The van der Waals surface area contributed by atoms with E-state index >= 15 is 0 Å². The highest BCUT2D eigenvalue weighted by Crippen LogP contribution is 2.41. The minimum Gasteiger partial charge on any atom is -0.360 e. The van der Waals surface area contributed by atoms with E-state index in [1.54, 1.807) is 6.07 Å². The Morgan fingerprint density at radius 3 is 2.30 bits per heavy atom. The van der Waals surface area contributed by atoms with Crippen LogP contribution in [0, 0.1) is 0 Å². The first-order valence-corrected chi connectivity index (χ1v) is 11.1. The largest absolute Gasteiger partial charge is 0.416 e. The van der Waals surface area contributed by atoms with Gasteiger partial charge in [-0.2, -0.15) is 13.2 Å². The third-order valence-electron chi connectivity index (χ3n) is 5.60. The van der Waals surface area contributed by atoms with Crippen LogP contribution in [-0.2, 0) is 17.3 Å². The zero-order valence-electron chi connectivity index (χ0n) is 17.6. The van der Waals surface area contributed by atoms with Gasteiger partial charge in [-0.25, -0.2) is 0 Å². The van der Waals surface area contributed by atoms with Crippen LogP contribution in [-0.4, -0.2) is 6.10 Å². The van der Waals surface area contributed by atoms with Crippen LogP contribution in [0.15, 0.2) is 54.6 Å². The summed E-state index contributed by atoms with van der Waals surface area (Å²) in [6.07, 6.45) is 9.44. The second kappa shape index (κ2) is 10.8. The lowest BCUT2D eigenvalue weighted by atomic mass is 10.0. The lowest BCUT2D eigenvalue weighted by Crippen LogP contribution is -2.05. The number of hydrogen-bond acceptors (Lipinski definition) is 1. The van der Waals surface area contributed by atoms with E-state index in [4.69, 9.17) is 4.74 Å². The van der Waals surface area contributed by atoms with E-state index in [0.717, 1.165) is 18.1 Å². The number of ether oxygens (including phenoxy) is 1. The molecule has 30 heavy (non-hydrogen) atoms. The number of epoxide rings is 1. The molecule has 2 aromatic rings. The van der Waals surface area contributed by atoms with Gasteiger partial charge >= 0.3 is 6.18 Å². The van der Waals surface area contributed by atoms with Crippen LogP contribution in [0.5, 0.6) is 0 Å². The fourth-order valence-corrected chi connectivity index (χ4v) is 3.72. The molecular weight excluding hydrogens is 385 g/mol. The Morgan fingerprint density at radius 2 is 1.60 bits per heavy atom. The Bertz CT molecular complexity index is 808. The van der Waals surface area contributed by atoms with Gasteiger partial charge in [0.1, 0.15) is 12.2 Å². The third-order valence-corrected chi connectivity index (χ3v) is 5.60. The number of halogens is 3. The molecule has 0 saturated carbocycles. The minimum atomic E-state index is -4.33. The zero-order valence-corrected chi connectivity index (χ0v) is 17.6. The Labute approximate surface area is 178 Å². The monoisotopic (exact) mass is 416 g/mol. The molecule has 2 aromatic carbocycles. The van der Waals surface area contributed by atoms with Gasteiger partial charge in [-0.3, -0.25) is 0 Å². The second-order valence-corrected chi connectivity index (χ2v) is 8.12. The predicted octanol–water partition coefficient (Wildman–Crippen LogP) is 8.15. The van der Waals surface area contributed by atoms with Gasteiger partial charge in [0.25, 0.3) is 0 Å². The maximum atomic E-state index is 12.9. The highest BCUT2D eigenvalue weighted by Gasteiger charge is 2.39. The summed E-state index contributed by atoms with van der Waals surface area (Å²) in [5.74, 6) is 0. The first-order valence-electron chi connectivity index (χ1n) is 11.1. The number of unbranched alkanes of at least 4 members (excludes halogenated alkanes) is 6. The predicted molar refractivity (Wildman–Crippen MR) is 116 cm³/mol. The number of aryl methyl sites for hydroxylation is 1. The zero-order chi connectivity index (χ0) is 21.4. The molecule has 2 atom stereocenters. The van der Waals surface area contributed by atoms with E-state index in [-0.39, 0.29) is 12.2 Å². The van der Waals surface area contributed by atoms with E-state index in [9.17, 15) is 13.2 Å². The molecule has 1 saturated heterocycles. The molecule has 3 rings (SSSR count). The van der Waals surface area contributed by atoms with Gasteiger partial charge in [0.15, 0.2) is 0 Å². The molecule has 0 aliphatic carbocycles. The molecule has 0 N–H and O–H groups in total. The average Bonchev–Trinajstić information content (AvgIpc) is 3.52. The molecule has 0 amide bonds. The second-order valence-electron chi connectivity index (χ2n) is 8.12. The van der Waals surface area contributed by atoms with Crippen molar-refractivity contribution in [2.24, 2.45) is 0 Å². The van der Waals surface area contributed by atoms with Crippen molar-refractivity contribution in [3.8, 4) is 0 Å². The normalized spacial score (nSPS) is 18.8. The molecule has 1 unspecified atom stereocenters. The molecule has 0 radical (unpaired) electrons. The molecule has 1 nitrogen and oxygen atoms in total. The van der Waals surface area contributed by atoms with Crippen LogP contribution in [0.3, 0.4) is 0 Å². The summed E-state index contributed by atoms with van der Waals surface area (Å²) in [6, 6.07) is 13.9. The van der Waals surface area contributed by atoms with Crippen molar-refractivity contribution >= 4 is 6.08 Å². The Kier molecular flexibility index (Phi) is 8.15. The summed E-state index contributed by atoms with van der Waals surface area (Å²) in [5, 5.41) is 0. The average molecular weight is 417 g/mol. The summed E-state index contributed by atoms with van der Waals surface area (Å²) >= 11 is 0. The van der Waals surface area contributed by atoms with E-state index in [0.29, 0.717) is 5.56 Å². The van der Waals surface area contributed by atoms with Crippen molar-refractivity contribution in [1.29, 1.82) is 0 Å². The maximum Gasteiger partial charge on any atom is 0.416 e. The van der Waals surface area contributed by atoms with E-state index in [2.05, 4.69) is 31.2 Å². The molecule has 162 valence electrons. The SMILES string of the molecule is CCCCCCCCCc1ccc(C=CC2O[C@H]2c2cccc(C(F)(F)F)c2)cc1. The molecule has 1 fully saturated rings. The van der Waals surface area contributed by atoms with Gasteiger partial charge in [0, 0.05) is 0 Å². The van der Waals surface area contributed by atoms with E-state index in [1.165, 1.54) is 62.6 Å². The van der Waals surface area contributed by atoms with Crippen molar-refractivity contribution < 1.29 is 17.9 Å². The van der Waals surface area contributed by atoms with Crippen LogP contribution < -0.4 is 0 Å². The fourth-order valence-electron chi connectivity index (χ4n) is 3.72. The first kappa shape index (κ1) is 22.6. The fraction of sp³-hybridized carbons (Fsp3) is 0.462. The van der Waals surface area contributed by atoms with Crippen molar-refractivity contribution in [3.63, 3.8) is 0 Å². The van der Waals surface area contributed by atoms with Gasteiger partial charge in [-0.15, -0.1) is 0 Å². The van der Waals surface area contributed by atoms with Crippen LogP contribution >= 0.6 is 0 Å². The van der Waals surface area contributed by atoms with Crippen molar-refractivity contribution in [3.05, 3.63) is 76.9 Å². The molecule has 4 heteroatoms. The van der Waals surface area contributed by atoms with Crippen LogP contribution in [0.25, 0.3) is 6.08 Å². The van der Waals surface area contributed by atoms with Gasteiger partial charge in [-0.1, -0.05) is 94.0 Å². The Morgan fingerprint density at radius 1 is 0.900 bits per heavy atom. The highest BCUT2D eigenvalue weighted by atomic mass is 19.4. The highest BCUT2D eigenvalue weighted by molar-refractivity contribution is 5.51. The molecule has 0 spiro atoms. The number of benzene rings is 2. The van der Waals surface area contributed by atoms with Crippen LogP contribution in [0.2, 0.25) is 0 Å². The molecule has 0 bridgehead atoms. The lowest BCUT2D eigenvalue weighted by molar-refractivity contribution is -0.137. The standard InChI is InChI=1S/C26H31F3O/c1-2-3-4-5-6-7-8-10-20-13-15-21(16-14-20)17-18-24-25(30-24)22-11-9-12-23(19-22)26(27,28)29/h9,11-19,24-25H,2-8,10H2,1H3/t24?,25-/m0/s1.